The Balaban J connectivity index is 1.81. The van der Waals surface area contributed by atoms with Gasteiger partial charge < -0.3 is 5.73 Å². The fourth-order valence-corrected chi connectivity index (χ4v) is 3.46. The molecule has 0 aromatic heterocycles. The maximum Gasteiger partial charge on any atom is 0.0187 e. The molecule has 1 nitrogen and oxygen atoms in total. The minimum absolute atomic E-state index is 0.333. The SMILES string of the molecule is NC1(C2CC3CCC2C3)CC1. The van der Waals surface area contributed by atoms with Crippen LogP contribution in [0.1, 0.15) is 38.5 Å². The van der Waals surface area contributed by atoms with Crippen LogP contribution in [-0.4, -0.2) is 5.54 Å². The quantitative estimate of drug-likeness (QED) is 0.608. The van der Waals surface area contributed by atoms with Crippen LogP contribution < -0.4 is 5.73 Å². The van der Waals surface area contributed by atoms with E-state index in [9.17, 15) is 0 Å². The zero-order valence-electron chi connectivity index (χ0n) is 7.05. The maximum absolute atomic E-state index is 6.24. The molecule has 11 heavy (non-hydrogen) atoms. The van der Waals surface area contributed by atoms with E-state index in [-0.39, 0.29) is 0 Å². The summed E-state index contributed by atoms with van der Waals surface area (Å²) in [5.41, 5.74) is 6.57. The molecule has 0 radical (unpaired) electrons. The largest absolute Gasteiger partial charge is 0.325 e. The van der Waals surface area contributed by atoms with E-state index in [1.54, 1.807) is 0 Å². The number of fused-ring (bicyclic) bond motifs is 2. The summed E-state index contributed by atoms with van der Waals surface area (Å²) < 4.78 is 0. The molecule has 3 aliphatic carbocycles. The summed E-state index contributed by atoms with van der Waals surface area (Å²) in [5, 5.41) is 0. The van der Waals surface area contributed by atoms with Gasteiger partial charge in [-0.3, -0.25) is 0 Å². The lowest BCUT2D eigenvalue weighted by atomic mass is 9.82. The Morgan fingerprint density at radius 3 is 2.36 bits per heavy atom. The van der Waals surface area contributed by atoms with Gasteiger partial charge in [-0.25, -0.2) is 0 Å². The van der Waals surface area contributed by atoms with Crippen molar-refractivity contribution in [3.63, 3.8) is 0 Å². The predicted octanol–water partition coefficient (Wildman–Crippen LogP) is 1.91. The van der Waals surface area contributed by atoms with E-state index in [2.05, 4.69) is 0 Å². The molecule has 0 heterocycles. The van der Waals surface area contributed by atoms with Gasteiger partial charge in [-0.1, -0.05) is 6.42 Å². The van der Waals surface area contributed by atoms with E-state index in [0.717, 1.165) is 17.8 Å². The molecule has 2 N–H and O–H groups in total. The van der Waals surface area contributed by atoms with Crippen molar-refractivity contribution >= 4 is 0 Å². The van der Waals surface area contributed by atoms with E-state index in [1.807, 2.05) is 0 Å². The second-order valence-corrected chi connectivity index (χ2v) is 5.01. The summed E-state index contributed by atoms with van der Waals surface area (Å²) in [6.07, 6.45) is 8.64. The summed E-state index contributed by atoms with van der Waals surface area (Å²) in [5.74, 6) is 3.04. The third-order valence-electron chi connectivity index (χ3n) is 4.30. The molecule has 3 rings (SSSR count). The Bertz CT molecular complexity index is 183. The highest BCUT2D eigenvalue weighted by Crippen LogP contribution is 2.57. The lowest BCUT2D eigenvalue weighted by molar-refractivity contribution is 0.268. The van der Waals surface area contributed by atoms with Crippen molar-refractivity contribution in [1.29, 1.82) is 0 Å². The number of hydrogen-bond donors (Lipinski definition) is 1. The van der Waals surface area contributed by atoms with Crippen molar-refractivity contribution in [1.82, 2.24) is 0 Å². The average Bonchev–Trinajstić information content (AvgIpc) is 2.52. The van der Waals surface area contributed by atoms with E-state index in [0.29, 0.717) is 5.54 Å². The third-order valence-corrected chi connectivity index (χ3v) is 4.30. The van der Waals surface area contributed by atoms with Crippen molar-refractivity contribution in [3.05, 3.63) is 0 Å². The summed E-state index contributed by atoms with van der Waals surface area (Å²) in [4.78, 5) is 0. The van der Waals surface area contributed by atoms with E-state index in [1.165, 1.54) is 38.5 Å². The van der Waals surface area contributed by atoms with Crippen molar-refractivity contribution in [3.8, 4) is 0 Å². The van der Waals surface area contributed by atoms with Gasteiger partial charge in [-0.2, -0.15) is 0 Å². The second kappa shape index (κ2) is 1.82. The number of rotatable bonds is 1. The van der Waals surface area contributed by atoms with Crippen LogP contribution in [0.15, 0.2) is 0 Å². The smallest absolute Gasteiger partial charge is 0.0187 e. The summed E-state index contributed by atoms with van der Waals surface area (Å²) in [6, 6.07) is 0. The zero-order valence-corrected chi connectivity index (χ0v) is 7.05. The molecule has 0 aliphatic heterocycles. The van der Waals surface area contributed by atoms with Crippen LogP contribution in [0.25, 0.3) is 0 Å². The highest BCUT2D eigenvalue weighted by molar-refractivity contribution is 5.10. The molecule has 3 aliphatic rings. The van der Waals surface area contributed by atoms with Crippen LogP contribution in [0.4, 0.5) is 0 Å². The molecule has 0 spiro atoms. The standard InChI is InChI=1S/C10H17N/c11-10(3-4-10)9-6-7-1-2-8(9)5-7/h7-9H,1-6,11H2. The van der Waals surface area contributed by atoms with Crippen LogP contribution in [0.3, 0.4) is 0 Å². The molecule has 0 amide bonds. The fraction of sp³-hybridized carbons (Fsp3) is 1.00. The molecule has 3 saturated carbocycles. The third kappa shape index (κ3) is 0.807. The highest BCUT2D eigenvalue weighted by Gasteiger charge is 2.54. The Kier molecular flexibility index (Phi) is 1.07. The molecule has 62 valence electrons. The first kappa shape index (κ1) is 6.47. The van der Waals surface area contributed by atoms with Gasteiger partial charge in [0, 0.05) is 5.54 Å². The summed E-state index contributed by atoms with van der Waals surface area (Å²) in [7, 11) is 0. The van der Waals surface area contributed by atoms with Gasteiger partial charge in [-0.05, 0) is 49.9 Å². The van der Waals surface area contributed by atoms with Crippen LogP contribution in [0.5, 0.6) is 0 Å². The normalized spacial score (nSPS) is 51.5. The highest BCUT2D eigenvalue weighted by atomic mass is 14.9. The number of nitrogens with two attached hydrogens (primary N) is 1. The first-order valence-electron chi connectivity index (χ1n) is 5.07. The fourth-order valence-electron chi connectivity index (χ4n) is 3.46. The monoisotopic (exact) mass is 151 g/mol. The Morgan fingerprint density at radius 1 is 1.09 bits per heavy atom. The topological polar surface area (TPSA) is 26.0 Å². The number of hydrogen-bond acceptors (Lipinski definition) is 1. The van der Waals surface area contributed by atoms with Gasteiger partial charge in [0.1, 0.15) is 0 Å². The van der Waals surface area contributed by atoms with Gasteiger partial charge in [-0.15, -0.1) is 0 Å². The molecule has 3 fully saturated rings. The Hall–Kier alpha value is -0.0400. The van der Waals surface area contributed by atoms with Gasteiger partial charge in [0.2, 0.25) is 0 Å². The zero-order chi connectivity index (χ0) is 7.47. The minimum Gasteiger partial charge on any atom is -0.325 e. The van der Waals surface area contributed by atoms with E-state index in [4.69, 9.17) is 5.73 Å². The minimum atomic E-state index is 0.333. The Morgan fingerprint density at radius 2 is 1.91 bits per heavy atom. The lowest BCUT2D eigenvalue weighted by Gasteiger charge is -2.27. The van der Waals surface area contributed by atoms with Gasteiger partial charge in [0.25, 0.3) is 0 Å². The Labute approximate surface area is 68.3 Å². The van der Waals surface area contributed by atoms with Crippen molar-refractivity contribution in [2.24, 2.45) is 23.5 Å². The molecule has 0 aromatic carbocycles. The average molecular weight is 151 g/mol. The second-order valence-electron chi connectivity index (χ2n) is 5.01. The first-order chi connectivity index (χ1) is 5.28. The molecular formula is C10H17N. The summed E-state index contributed by atoms with van der Waals surface area (Å²) >= 11 is 0. The van der Waals surface area contributed by atoms with Crippen LogP contribution in [-0.2, 0) is 0 Å². The van der Waals surface area contributed by atoms with E-state index >= 15 is 0 Å². The molecule has 0 aromatic rings. The van der Waals surface area contributed by atoms with E-state index < -0.39 is 0 Å². The molecular weight excluding hydrogens is 134 g/mol. The molecule has 3 unspecified atom stereocenters. The maximum atomic E-state index is 6.24. The van der Waals surface area contributed by atoms with Gasteiger partial charge in [0.05, 0.1) is 0 Å². The van der Waals surface area contributed by atoms with Gasteiger partial charge in [0.15, 0.2) is 0 Å². The van der Waals surface area contributed by atoms with Crippen LogP contribution in [0.2, 0.25) is 0 Å². The van der Waals surface area contributed by atoms with Crippen LogP contribution in [0, 0.1) is 17.8 Å². The first-order valence-corrected chi connectivity index (χ1v) is 5.07. The molecule has 0 saturated heterocycles. The van der Waals surface area contributed by atoms with Crippen molar-refractivity contribution in [2.45, 2.75) is 44.1 Å². The predicted molar refractivity (Wildman–Crippen MR) is 45.1 cm³/mol. The molecule has 1 heteroatoms. The van der Waals surface area contributed by atoms with Gasteiger partial charge >= 0.3 is 0 Å². The van der Waals surface area contributed by atoms with Crippen molar-refractivity contribution < 1.29 is 0 Å². The van der Waals surface area contributed by atoms with Crippen molar-refractivity contribution in [2.75, 3.05) is 0 Å². The summed E-state index contributed by atoms with van der Waals surface area (Å²) in [6.45, 7) is 0. The molecule has 3 atom stereocenters. The lowest BCUT2D eigenvalue weighted by Crippen LogP contribution is -2.35. The van der Waals surface area contributed by atoms with Crippen LogP contribution >= 0.6 is 0 Å². The molecule has 2 bridgehead atoms.